The van der Waals surface area contributed by atoms with Crippen LogP contribution in [0.5, 0.6) is 0 Å². The number of hydrogen-bond acceptors (Lipinski definition) is 4. The molecular weight excluding hydrogens is 382 g/mol. The number of rotatable bonds is 5. The predicted octanol–water partition coefficient (Wildman–Crippen LogP) is 2.28. The van der Waals surface area contributed by atoms with E-state index in [9.17, 15) is 14.4 Å². The van der Waals surface area contributed by atoms with Gasteiger partial charge < -0.3 is 20.5 Å². The van der Waals surface area contributed by atoms with Crippen LogP contribution >= 0.6 is 0 Å². The molecule has 3 N–H and O–H groups in total. The molecule has 0 aliphatic carbocycles. The van der Waals surface area contributed by atoms with Crippen LogP contribution in [0.2, 0.25) is 0 Å². The molecule has 4 rings (SSSR count). The van der Waals surface area contributed by atoms with Gasteiger partial charge in [-0.15, -0.1) is 0 Å². The topological polar surface area (TPSA) is 105 Å². The normalized spacial score (nSPS) is 16.9. The van der Waals surface area contributed by atoms with Crippen molar-refractivity contribution >= 4 is 34.4 Å². The van der Waals surface area contributed by atoms with E-state index in [4.69, 9.17) is 0 Å². The van der Waals surface area contributed by atoms with Crippen LogP contribution in [0.1, 0.15) is 42.0 Å². The summed E-state index contributed by atoms with van der Waals surface area (Å²) in [7, 11) is 1.91. The van der Waals surface area contributed by atoms with E-state index < -0.39 is 6.04 Å². The summed E-state index contributed by atoms with van der Waals surface area (Å²) in [6.07, 6.45) is 0.301. The quantitative estimate of drug-likeness (QED) is 0.606. The van der Waals surface area contributed by atoms with Crippen LogP contribution in [0.4, 0.5) is 5.69 Å². The SMILES string of the molecule is C[C@@H](NC(=O)CC[C@@H]1NC(=O)c2ccccc2NC1=O)c1nc2ccccc2n1C. The highest BCUT2D eigenvalue weighted by atomic mass is 16.2. The number of fused-ring (bicyclic) bond motifs is 2. The van der Waals surface area contributed by atoms with Crippen LogP contribution in [0.25, 0.3) is 11.0 Å². The van der Waals surface area contributed by atoms with Crippen molar-refractivity contribution in [3.63, 3.8) is 0 Å². The van der Waals surface area contributed by atoms with Crippen LogP contribution in [0.15, 0.2) is 48.5 Å². The molecule has 0 unspecified atom stereocenters. The summed E-state index contributed by atoms with van der Waals surface area (Å²) < 4.78 is 1.95. The summed E-state index contributed by atoms with van der Waals surface area (Å²) in [5, 5.41) is 8.38. The smallest absolute Gasteiger partial charge is 0.254 e. The molecule has 30 heavy (non-hydrogen) atoms. The second-order valence-corrected chi connectivity index (χ2v) is 7.41. The first-order chi connectivity index (χ1) is 14.4. The number of anilines is 1. The Morgan fingerprint density at radius 2 is 1.90 bits per heavy atom. The van der Waals surface area contributed by atoms with E-state index >= 15 is 0 Å². The van der Waals surface area contributed by atoms with Crippen LogP contribution in [-0.2, 0) is 16.6 Å². The van der Waals surface area contributed by atoms with Crippen LogP contribution in [-0.4, -0.2) is 33.3 Å². The Kier molecular flexibility index (Phi) is 5.22. The van der Waals surface area contributed by atoms with Gasteiger partial charge in [0.1, 0.15) is 11.9 Å². The lowest BCUT2D eigenvalue weighted by Crippen LogP contribution is -2.42. The van der Waals surface area contributed by atoms with E-state index in [1.807, 2.05) is 42.8 Å². The fraction of sp³-hybridized carbons (Fsp3) is 0.273. The molecule has 2 heterocycles. The van der Waals surface area contributed by atoms with E-state index in [-0.39, 0.29) is 36.6 Å². The van der Waals surface area contributed by atoms with Gasteiger partial charge in [0.15, 0.2) is 0 Å². The van der Waals surface area contributed by atoms with Gasteiger partial charge in [-0.1, -0.05) is 24.3 Å². The van der Waals surface area contributed by atoms with Crippen molar-refractivity contribution < 1.29 is 14.4 Å². The Hall–Kier alpha value is -3.68. The molecule has 0 spiro atoms. The predicted molar refractivity (Wildman–Crippen MR) is 113 cm³/mol. The number of para-hydroxylation sites is 3. The van der Waals surface area contributed by atoms with Gasteiger partial charge in [-0.2, -0.15) is 0 Å². The average Bonchev–Trinajstić information content (AvgIpc) is 3.01. The Labute approximate surface area is 173 Å². The van der Waals surface area contributed by atoms with Crippen molar-refractivity contribution in [3.05, 3.63) is 59.9 Å². The molecular formula is C22H23N5O3. The maximum Gasteiger partial charge on any atom is 0.254 e. The van der Waals surface area contributed by atoms with Crippen molar-refractivity contribution in [2.24, 2.45) is 7.05 Å². The summed E-state index contributed by atoms with van der Waals surface area (Å²) in [5.74, 6) is -0.120. The molecule has 154 valence electrons. The fourth-order valence-electron chi connectivity index (χ4n) is 3.72. The van der Waals surface area contributed by atoms with Crippen molar-refractivity contribution in [1.29, 1.82) is 0 Å². The van der Waals surface area contributed by atoms with Gasteiger partial charge in [0.25, 0.3) is 5.91 Å². The lowest BCUT2D eigenvalue weighted by Gasteiger charge is -2.16. The average molecular weight is 405 g/mol. The number of imidazole rings is 1. The number of nitrogens with one attached hydrogen (secondary N) is 3. The minimum absolute atomic E-state index is 0.100. The highest BCUT2D eigenvalue weighted by Crippen LogP contribution is 2.21. The third kappa shape index (κ3) is 3.76. The largest absolute Gasteiger partial charge is 0.346 e. The Balaban J connectivity index is 1.38. The molecule has 2 atom stereocenters. The molecule has 3 aromatic rings. The molecule has 1 aliphatic heterocycles. The second kappa shape index (κ2) is 7.98. The minimum Gasteiger partial charge on any atom is -0.346 e. The maximum absolute atomic E-state index is 12.5. The molecule has 8 heteroatoms. The van der Waals surface area contributed by atoms with Crippen molar-refractivity contribution in [2.45, 2.75) is 31.8 Å². The molecule has 0 radical (unpaired) electrons. The molecule has 1 aromatic heterocycles. The highest BCUT2D eigenvalue weighted by molar-refractivity contribution is 6.09. The fourth-order valence-corrected chi connectivity index (χ4v) is 3.72. The zero-order chi connectivity index (χ0) is 21.3. The first-order valence-corrected chi connectivity index (χ1v) is 9.85. The lowest BCUT2D eigenvalue weighted by molar-refractivity contribution is -0.122. The number of aromatic nitrogens is 2. The number of carbonyl (C=O) groups excluding carboxylic acids is 3. The van der Waals surface area contributed by atoms with Crippen LogP contribution in [0, 0.1) is 0 Å². The number of benzene rings is 2. The number of aryl methyl sites for hydroxylation is 1. The molecule has 0 fully saturated rings. The maximum atomic E-state index is 12.5. The van der Waals surface area contributed by atoms with Crippen LogP contribution < -0.4 is 16.0 Å². The van der Waals surface area contributed by atoms with Crippen molar-refractivity contribution in [1.82, 2.24) is 20.2 Å². The molecule has 2 aromatic carbocycles. The molecule has 0 saturated heterocycles. The summed E-state index contributed by atoms with van der Waals surface area (Å²) in [6, 6.07) is 13.5. The lowest BCUT2D eigenvalue weighted by atomic mass is 10.1. The number of nitrogens with zero attached hydrogens (tertiary/aromatic N) is 2. The Morgan fingerprint density at radius 1 is 1.17 bits per heavy atom. The zero-order valence-corrected chi connectivity index (χ0v) is 16.8. The van der Waals surface area contributed by atoms with E-state index in [1.165, 1.54) is 0 Å². The van der Waals surface area contributed by atoms with Gasteiger partial charge in [0.2, 0.25) is 11.8 Å². The van der Waals surface area contributed by atoms with Crippen molar-refractivity contribution in [2.75, 3.05) is 5.32 Å². The highest BCUT2D eigenvalue weighted by Gasteiger charge is 2.28. The Bertz CT molecular complexity index is 1140. The molecule has 0 saturated carbocycles. The van der Waals surface area contributed by atoms with Crippen molar-refractivity contribution in [3.8, 4) is 0 Å². The van der Waals surface area contributed by atoms with Gasteiger partial charge in [-0.3, -0.25) is 14.4 Å². The number of hydrogen-bond donors (Lipinski definition) is 3. The third-order valence-electron chi connectivity index (χ3n) is 5.30. The van der Waals surface area contributed by atoms with Gasteiger partial charge in [-0.25, -0.2) is 4.98 Å². The Morgan fingerprint density at radius 3 is 2.70 bits per heavy atom. The number of amides is 3. The van der Waals surface area contributed by atoms with Gasteiger partial charge in [0.05, 0.1) is 28.3 Å². The summed E-state index contributed by atoms with van der Waals surface area (Å²) in [5.41, 5.74) is 2.75. The number of carbonyl (C=O) groups is 3. The van der Waals surface area contributed by atoms with E-state index in [0.717, 1.165) is 16.9 Å². The van der Waals surface area contributed by atoms with Crippen LogP contribution in [0.3, 0.4) is 0 Å². The summed E-state index contributed by atoms with van der Waals surface area (Å²) >= 11 is 0. The molecule has 8 nitrogen and oxygen atoms in total. The standard InChI is InChI=1S/C22H23N5O3/c1-13(20-24-16-9-5-6-10-18(16)27(20)2)23-19(28)12-11-17-22(30)25-15-8-4-3-7-14(15)21(29)26-17/h3-10,13,17H,11-12H2,1-2H3,(H,23,28)(H,25,30)(H,26,29)/t13-,17+/m1/s1. The summed E-state index contributed by atoms with van der Waals surface area (Å²) in [4.78, 5) is 41.9. The van der Waals surface area contributed by atoms with Gasteiger partial charge in [0, 0.05) is 13.5 Å². The molecule has 1 aliphatic rings. The zero-order valence-electron chi connectivity index (χ0n) is 16.8. The molecule has 0 bridgehead atoms. The van der Waals surface area contributed by atoms with E-state index in [1.54, 1.807) is 24.3 Å². The molecule has 3 amide bonds. The third-order valence-corrected chi connectivity index (χ3v) is 5.30. The minimum atomic E-state index is -0.776. The monoisotopic (exact) mass is 405 g/mol. The first kappa shape index (κ1) is 19.6. The van der Waals surface area contributed by atoms with Gasteiger partial charge >= 0.3 is 0 Å². The van der Waals surface area contributed by atoms with E-state index in [2.05, 4.69) is 20.9 Å². The van der Waals surface area contributed by atoms with E-state index in [0.29, 0.717) is 11.3 Å². The van der Waals surface area contributed by atoms with Gasteiger partial charge in [-0.05, 0) is 37.6 Å². The first-order valence-electron chi connectivity index (χ1n) is 9.85. The second-order valence-electron chi connectivity index (χ2n) is 7.41. The summed E-state index contributed by atoms with van der Waals surface area (Å²) in [6.45, 7) is 1.87.